The lowest BCUT2D eigenvalue weighted by molar-refractivity contribution is 0.552. The highest BCUT2D eigenvalue weighted by Gasteiger charge is 2.21. The summed E-state index contributed by atoms with van der Waals surface area (Å²) in [4.78, 5) is 17.0. The van der Waals surface area contributed by atoms with E-state index in [-0.39, 0.29) is 11.3 Å². The van der Waals surface area contributed by atoms with Gasteiger partial charge < -0.3 is 9.55 Å². The second-order valence-electron chi connectivity index (χ2n) is 9.66. The third kappa shape index (κ3) is 4.21. The summed E-state index contributed by atoms with van der Waals surface area (Å²) in [7, 11) is -4.86. The van der Waals surface area contributed by atoms with Gasteiger partial charge in [0, 0.05) is 28.4 Å². The van der Waals surface area contributed by atoms with E-state index >= 15 is 0 Å². The fraction of sp³-hybridized carbons (Fsp3) is 0.233. The molecule has 0 saturated heterocycles. The Hall–Kier alpha value is -3.89. The van der Waals surface area contributed by atoms with Gasteiger partial charge in [0.2, 0.25) is 0 Å². The Balaban J connectivity index is 1.92. The number of nitrogens with one attached hydrogen (secondary N) is 1. The van der Waals surface area contributed by atoms with Crippen molar-refractivity contribution in [1.29, 1.82) is 0 Å². The van der Waals surface area contributed by atoms with Crippen LogP contribution in [-0.4, -0.2) is 18.0 Å². The Labute approximate surface area is 215 Å². The molecule has 7 heteroatoms. The van der Waals surface area contributed by atoms with Gasteiger partial charge in [0.15, 0.2) is 5.43 Å². The highest BCUT2D eigenvalue weighted by Crippen LogP contribution is 2.36. The number of pyridine rings is 1. The lowest BCUT2D eigenvalue weighted by Crippen LogP contribution is -2.12. The molecular weight excluding hydrogens is 487 g/mol. The average Bonchev–Trinajstić information content (AvgIpc) is 3.26. The highest BCUT2D eigenvalue weighted by atomic mass is 32.3. The van der Waals surface area contributed by atoms with Crippen LogP contribution in [0, 0.1) is 12.3 Å². The summed E-state index contributed by atoms with van der Waals surface area (Å²) < 4.78 is 39.2. The second kappa shape index (κ2) is 9.20. The van der Waals surface area contributed by atoms with E-state index < -0.39 is 15.1 Å². The monoisotopic (exact) mass is 514 g/mol. The molecule has 0 aliphatic rings. The number of H-pyrrole nitrogens is 1. The third-order valence-electron chi connectivity index (χ3n) is 6.93. The van der Waals surface area contributed by atoms with Crippen LogP contribution in [0.4, 0.5) is 3.89 Å². The summed E-state index contributed by atoms with van der Waals surface area (Å²) in [5.74, 6) is 2.68. The number of aromatic amines is 1. The van der Waals surface area contributed by atoms with Gasteiger partial charge in [-0.2, -0.15) is 8.42 Å². The lowest BCUT2D eigenvalue weighted by atomic mass is 9.90. The van der Waals surface area contributed by atoms with Gasteiger partial charge >= 0.3 is 10.2 Å². The van der Waals surface area contributed by atoms with Crippen molar-refractivity contribution >= 4 is 43.1 Å². The quantitative estimate of drug-likeness (QED) is 0.199. The summed E-state index contributed by atoms with van der Waals surface area (Å²) in [5, 5.41) is 2.03. The van der Waals surface area contributed by atoms with E-state index in [0.29, 0.717) is 22.9 Å². The molecule has 2 aromatic heterocycles. The molecule has 0 saturated carbocycles. The number of hydrogen-bond donors (Lipinski definition) is 1. The molecule has 0 atom stereocenters. The minimum absolute atomic E-state index is 0.0328. The Bertz CT molecular complexity index is 1910. The number of nitrogens with zero attached hydrogens (tertiary/aromatic N) is 1. The Morgan fingerprint density at radius 3 is 2.54 bits per heavy atom. The smallest absolute Gasteiger partial charge is 0.332 e. The van der Waals surface area contributed by atoms with Crippen molar-refractivity contribution in [2.45, 2.75) is 51.0 Å². The van der Waals surface area contributed by atoms with Crippen molar-refractivity contribution in [2.75, 3.05) is 0 Å². The maximum absolute atomic E-state index is 13.9. The molecule has 1 N–H and O–H groups in total. The number of halogens is 1. The van der Waals surface area contributed by atoms with Gasteiger partial charge in [-0.25, -0.2) is 0 Å². The van der Waals surface area contributed by atoms with E-state index in [0.717, 1.165) is 51.6 Å². The van der Waals surface area contributed by atoms with Crippen molar-refractivity contribution in [3.63, 3.8) is 0 Å². The molecule has 5 aromatic rings. The SMILES string of the molecule is C#Cc1ccc2c(c1)[nH]c1c2c(=O)c2cc(C(C)C)c(-c3cccc(S(=O)(=O)F)c3)cc2n1CCCC. The topological polar surface area (TPSA) is 71.9 Å². The molecular formula is C30H27FN2O3S. The third-order valence-corrected chi connectivity index (χ3v) is 7.75. The molecule has 0 aliphatic carbocycles. The minimum Gasteiger partial charge on any atom is -0.340 e. The zero-order valence-corrected chi connectivity index (χ0v) is 21.7. The van der Waals surface area contributed by atoms with Gasteiger partial charge in [0.25, 0.3) is 0 Å². The molecule has 0 aliphatic heterocycles. The van der Waals surface area contributed by atoms with E-state index in [2.05, 4.69) is 22.4 Å². The number of unbranched alkanes of at least 4 members (excludes halogenated alkanes) is 1. The lowest BCUT2D eigenvalue weighted by Gasteiger charge is -2.19. The zero-order valence-electron chi connectivity index (χ0n) is 20.9. The zero-order chi connectivity index (χ0) is 26.5. The first-order chi connectivity index (χ1) is 17.6. The molecule has 0 fully saturated rings. The maximum Gasteiger partial charge on any atom is 0.332 e. The number of aromatic nitrogens is 2. The summed E-state index contributed by atoms with van der Waals surface area (Å²) in [6.07, 6.45) is 7.46. The van der Waals surface area contributed by atoms with Gasteiger partial charge in [0.05, 0.1) is 15.8 Å². The molecule has 3 aromatic carbocycles. The van der Waals surface area contributed by atoms with Crippen LogP contribution in [-0.2, 0) is 16.8 Å². The first kappa shape index (κ1) is 24.8. The Kier molecular flexibility index (Phi) is 6.17. The molecule has 2 heterocycles. The van der Waals surface area contributed by atoms with Gasteiger partial charge in [-0.05, 0) is 65.4 Å². The predicted molar refractivity (Wildman–Crippen MR) is 148 cm³/mol. The first-order valence-corrected chi connectivity index (χ1v) is 13.7. The van der Waals surface area contributed by atoms with Gasteiger partial charge in [-0.3, -0.25) is 4.79 Å². The van der Waals surface area contributed by atoms with E-state index in [1.54, 1.807) is 6.07 Å². The molecule has 0 radical (unpaired) electrons. The number of aryl methyl sites for hydroxylation is 1. The molecule has 0 amide bonds. The molecule has 5 nitrogen and oxygen atoms in total. The highest BCUT2D eigenvalue weighted by molar-refractivity contribution is 7.86. The second-order valence-corrected chi connectivity index (χ2v) is 11.0. The Morgan fingerprint density at radius 2 is 1.86 bits per heavy atom. The summed E-state index contributed by atoms with van der Waals surface area (Å²) in [6, 6.07) is 15.3. The summed E-state index contributed by atoms with van der Waals surface area (Å²) >= 11 is 0. The molecule has 0 bridgehead atoms. The normalized spacial score (nSPS) is 12.1. The molecule has 5 rings (SSSR count). The average molecular weight is 515 g/mol. The Morgan fingerprint density at radius 1 is 1.08 bits per heavy atom. The van der Waals surface area contributed by atoms with Crippen molar-refractivity contribution in [3.8, 4) is 23.5 Å². The van der Waals surface area contributed by atoms with Gasteiger partial charge in [-0.1, -0.05) is 51.3 Å². The fourth-order valence-corrected chi connectivity index (χ4v) is 5.57. The largest absolute Gasteiger partial charge is 0.340 e. The van der Waals surface area contributed by atoms with Crippen LogP contribution < -0.4 is 5.43 Å². The van der Waals surface area contributed by atoms with Crippen LogP contribution in [0.2, 0.25) is 0 Å². The number of hydrogen-bond acceptors (Lipinski definition) is 3. The molecule has 0 spiro atoms. The van der Waals surface area contributed by atoms with Gasteiger partial charge in [0.1, 0.15) is 5.65 Å². The molecule has 188 valence electrons. The number of fused-ring (bicyclic) bond motifs is 4. The van der Waals surface area contributed by atoms with Gasteiger partial charge in [-0.15, -0.1) is 10.3 Å². The van der Waals surface area contributed by atoms with Crippen molar-refractivity contribution in [1.82, 2.24) is 9.55 Å². The van der Waals surface area contributed by atoms with Crippen LogP contribution in [0.3, 0.4) is 0 Å². The van der Waals surface area contributed by atoms with Crippen LogP contribution in [0.1, 0.15) is 50.7 Å². The standard InChI is InChI=1S/C30H27FN2O3S/c1-5-7-13-33-27-17-24(20-9-8-10-21(15-20)37(31,35)36)23(18(3)4)16-25(27)29(34)28-22-12-11-19(6-2)14-26(22)32-30(28)33/h2,8-12,14-18,32H,5,7,13H2,1,3-4H3. The van der Waals surface area contributed by atoms with E-state index in [1.165, 1.54) is 18.2 Å². The van der Waals surface area contributed by atoms with Crippen LogP contribution in [0.5, 0.6) is 0 Å². The summed E-state index contributed by atoms with van der Waals surface area (Å²) in [6.45, 7) is 6.82. The summed E-state index contributed by atoms with van der Waals surface area (Å²) in [5.41, 5.74) is 5.13. The fourth-order valence-electron chi connectivity index (χ4n) is 5.06. The van der Waals surface area contributed by atoms with E-state index in [1.807, 2.05) is 44.2 Å². The minimum atomic E-state index is -4.86. The van der Waals surface area contributed by atoms with Crippen molar-refractivity contribution in [2.24, 2.45) is 0 Å². The first-order valence-electron chi connectivity index (χ1n) is 12.3. The van der Waals surface area contributed by atoms with Crippen LogP contribution in [0.25, 0.3) is 44.0 Å². The molecule has 37 heavy (non-hydrogen) atoms. The molecule has 0 unspecified atom stereocenters. The number of rotatable bonds is 6. The predicted octanol–water partition coefficient (Wildman–Crippen LogP) is 6.87. The van der Waals surface area contributed by atoms with Crippen LogP contribution in [0.15, 0.2) is 64.3 Å². The number of benzene rings is 3. The van der Waals surface area contributed by atoms with Crippen molar-refractivity contribution in [3.05, 3.63) is 75.9 Å². The maximum atomic E-state index is 13.9. The van der Waals surface area contributed by atoms with Crippen LogP contribution >= 0.6 is 0 Å². The van der Waals surface area contributed by atoms with E-state index in [9.17, 15) is 17.1 Å². The van der Waals surface area contributed by atoms with E-state index in [4.69, 9.17) is 6.42 Å². The number of terminal acetylenes is 1. The van der Waals surface area contributed by atoms with Crippen molar-refractivity contribution < 1.29 is 12.3 Å².